The summed E-state index contributed by atoms with van der Waals surface area (Å²) in [7, 11) is 3.10. The molecule has 0 radical (unpaired) electrons. The molecule has 0 heterocycles. The van der Waals surface area contributed by atoms with Crippen molar-refractivity contribution in [1.29, 1.82) is 0 Å². The Kier molecular flexibility index (Phi) is 3.74. The highest BCUT2D eigenvalue weighted by Crippen LogP contribution is 2.31. The normalized spacial score (nSPS) is 10.3. The van der Waals surface area contributed by atoms with Crippen LogP contribution in [0.3, 0.4) is 0 Å². The molecule has 1 amide bonds. The zero-order valence-electron chi connectivity index (χ0n) is 8.69. The van der Waals surface area contributed by atoms with Gasteiger partial charge in [0.15, 0.2) is 11.5 Å². The van der Waals surface area contributed by atoms with Gasteiger partial charge in [0.25, 0.3) is 0 Å². The summed E-state index contributed by atoms with van der Waals surface area (Å²) < 4.78 is 10.3. The van der Waals surface area contributed by atoms with E-state index in [1.165, 1.54) is 6.08 Å². The fourth-order valence-electron chi connectivity index (χ4n) is 1.22. The molecule has 0 aliphatic carbocycles. The van der Waals surface area contributed by atoms with Gasteiger partial charge < -0.3 is 15.2 Å². The van der Waals surface area contributed by atoms with Crippen molar-refractivity contribution in [2.24, 2.45) is 5.73 Å². The van der Waals surface area contributed by atoms with Crippen LogP contribution >= 0.6 is 0 Å². The number of ether oxygens (including phenoxy) is 2. The maximum atomic E-state index is 10.6. The number of benzene rings is 1. The number of primary amides is 1. The van der Waals surface area contributed by atoms with Gasteiger partial charge in [0, 0.05) is 11.6 Å². The average molecular weight is 207 g/mol. The molecule has 4 nitrogen and oxygen atoms in total. The first-order chi connectivity index (χ1) is 7.19. The molecule has 0 saturated carbocycles. The van der Waals surface area contributed by atoms with Crippen LogP contribution in [0, 0.1) is 0 Å². The standard InChI is InChI=1S/C11H13NO3/c1-14-9-5-3-4-8(11(9)15-2)6-7-10(12)13/h3-7H,1-2H3,(H2,12,13). The number of amides is 1. The van der Waals surface area contributed by atoms with Gasteiger partial charge >= 0.3 is 0 Å². The van der Waals surface area contributed by atoms with Crippen molar-refractivity contribution in [3.8, 4) is 11.5 Å². The second-order valence-electron chi connectivity index (χ2n) is 2.82. The van der Waals surface area contributed by atoms with Crippen molar-refractivity contribution in [1.82, 2.24) is 0 Å². The molecule has 0 saturated heterocycles. The summed E-state index contributed by atoms with van der Waals surface area (Å²) in [6, 6.07) is 5.39. The van der Waals surface area contributed by atoms with E-state index in [-0.39, 0.29) is 0 Å². The van der Waals surface area contributed by atoms with Crippen molar-refractivity contribution in [3.63, 3.8) is 0 Å². The zero-order chi connectivity index (χ0) is 11.3. The highest BCUT2D eigenvalue weighted by atomic mass is 16.5. The van der Waals surface area contributed by atoms with Gasteiger partial charge in [-0.15, -0.1) is 0 Å². The number of hydrogen-bond acceptors (Lipinski definition) is 3. The predicted octanol–water partition coefficient (Wildman–Crippen LogP) is 1.20. The number of methoxy groups -OCH3 is 2. The molecule has 0 fully saturated rings. The van der Waals surface area contributed by atoms with Crippen LogP contribution in [0.25, 0.3) is 6.08 Å². The lowest BCUT2D eigenvalue weighted by Crippen LogP contribution is -2.05. The Morgan fingerprint density at radius 2 is 2.07 bits per heavy atom. The molecule has 80 valence electrons. The summed E-state index contributed by atoms with van der Waals surface area (Å²) >= 11 is 0. The third-order valence-electron chi connectivity index (χ3n) is 1.86. The molecule has 0 unspecified atom stereocenters. The van der Waals surface area contributed by atoms with Gasteiger partial charge in [-0.3, -0.25) is 4.79 Å². The molecule has 0 bridgehead atoms. The lowest BCUT2D eigenvalue weighted by molar-refractivity contribution is -0.113. The van der Waals surface area contributed by atoms with Crippen molar-refractivity contribution >= 4 is 12.0 Å². The molecule has 4 heteroatoms. The Bertz CT molecular complexity index is 385. The zero-order valence-corrected chi connectivity index (χ0v) is 8.69. The van der Waals surface area contributed by atoms with E-state index in [4.69, 9.17) is 15.2 Å². The molecule has 0 aliphatic rings. The fraction of sp³-hybridized carbons (Fsp3) is 0.182. The third-order valence-corrected chi connectivity index (χ3v) is 1.86. The van der Waals surface area contributed by atoms with Crippen LogP contribution in [0.2, 0.25) is 0 Å². The monoisotopic (exact) mass is 207 g/mol. The van der Waals surface area contributed by atoms with Gasteiger partial charge in [0.05, 0.1) is 14.2 Å². The second kappa shape index (κ2) is 5.05. The largest absolute Gasteiger partial charge is 0.493 e. The molecule has 0 aromatic heterocycles. The van der Waals surface area contributed by atoms with Crippen LogP contribution < -0.4 is 15.2 Å². The summed E-state index contributed by atoms with van der Waals surface area (Å²) in [6.07, 6.45) is 2.86. The third kappa shape index (κ3) is 2.74. The van der Waals surface area contributed by atoms with Crippen molar-refractivity contribution in [3.05, 3.63) is 29.8 Å². The Morgan fingerprint density at radius 3 is 2.60 bits per heavy atom. The van der Waals surface area contributed by atoms with E-state index in [1.807, 2.05) is 6.07 Å². The average Bonchev–Trinajstić information content (AvgIpc) is 2.25. The second-order valence-corrected chi connectivity index (χ2v) is 2.82. The molecule has 15 heavy (non-hydrogen) atoms. The van der Waals surface area contributed by atoms with Crippen molar-refractivity contribution in [2.45, 2.75) is 0 Å². The Balaban J connectivity index is 3.11. The van der Waals surface area contributed by atoms with E-state index < -0.39 is 5.91 Å². The smallest absolute Gasteiger partial charge is 0.241 e. The van der Waals surface area contributed by atoms with Gasteiger partial charge in [-0.05, 0) is 12.1 Å². The highest BCUT2D eigenvalue weighted by molar-refractivity contribution is 5.90. The van der Waals surface area contributed by atoms with Gasteiger partial charge in [-0.25, -0.2) is 0 Å². The molecule has 1 rings (SSSR count). The topological polar surface area (TPSA) is 61.5 Å². The molecular weight excluding hydrogens is 194 g/mol. The van der Waals surface area contributed by atoms with E-state index in [9.17, 15) is 4.79 Å². The fourth-order valence-corrected chi connectivity index (χ4v) is 1.22. The van der Waals surface area contributed by atoms with E-state index in [1.54, 1.807) is 32.4 Å². The summed E-state index contributed by atoms with van der Waals surface area (Å²) in [5, 5.41) is 0. The molecule has 0 spiro atoms. The van der Waals surface area contributed by atoms with Gasteiger partial charge in [0.2, 0.25) is 5.91 Å². The van der Waals surface area contributed by atoms with Crippen LogP contribution in [-0.4, -0.2) is 20.1 Å². The number of carbonyl (C=O) groups excluding carboxylic acids is 1. The van der Waals surface area contributed by atoms with E-state index in [2.05, 4.69) is 0 Å². The maximum Gasteiger partial charge on any atom is 0.241 e. The van der Waals surface area contributed by atoms with Crippen LogP contribution in [0.4, 0.5) is 0 Å². The van der Waals surface area contributed by atoms with Gasteiger partial charge in [-0.2, -0.15) is 0 Å². The SMILES string of the molecule is COc1cccc(C=CC(N)=O)c1OC. The minimum absolute atomic E-state index is 0.500. The number of rotatable bonds is 4. The minimum Gasteiger partial charge on any atom is -0.493 e. The number of hydrogen-bond donors (Lipinski definition) is 1. The highest BCUT2D eigenvalue weighted by Gasteiger charge is 2.06. The van der Waals surface area contributed by atoms with Crippen LogP contribution in [0.15, 0.2) is 24.3 Å². The molecule has 1 aromatic rings. The van der Waals surface area contributed by atoms with Crippen LogP contribution in [0.1, 0.15) is 5.56 Å². The molecule has 0 aliphatic heterocycles. The minimum atomic E-state index is -0.500. The van der Waals surface area contributed by atoms with Crippen LogP contribution in [0.5, 0.6) is 11.5 Å². The molecule has 2 N–H and O–H groups in total. The number of carbonyl (C=O) groups is 1. The Hall–Kier alpha value is -1.97. The summed E-state index contributed by atoms with van der Waals surface area (Å²) in [4.78, 5) is 10.6. The molecule has 1 aromatic carbocycles. The van der Waals surface area contributed by atoms with Gasteiger partial charge in [0.1, 0.15) is 0 Å². The van der Waals surface area contributed by atoms with E-state index in [0.717, 1.165) is 5.56 Å². The lowest BCUT2D eigenvalue weighted by atomic mass is 10.1. The van der Waals surface area contributed by atoms with Crippen LogP contribution in [-0.2, 0) is 4.79 Å². The van der Waals surface area contributed by atoms with Gasteiger partial charge in [-0.1, -0.05) is 12.1 Å². The predicted molar refractivity (Wildman–Crippen MR) is 57.8 cm³/mol. The van der Waals surface area contributed by atoms with Crippen molar-refractivity contribution in [2.75, 3.05) is 14.2 Å². The molecule has 0 atom stereocenters. The maximum absolute atomic E-state index is 10.6. The first-order valence-electron chi connectivity index (χ1n) is 4.37. The summed E-state index contributed by atoms with van der Waals surface area (Å²) in [6.45, 7) is 0. The lowest BCUT2D eigenvalue weighted by Gasteiger charge is -2.09. The van der Waals surface area contributed by atoms with E-state index in [0.29, 0.717) is 11.5 Å². The Morgan fingerprint density at radius 1 is 1.33 bits per heavy atom. The summed E-state index contributed by atoms with van der Waals surface area (Å²) in [5.41, 5.74) is 5.75. The van der Waals surface area contributed by atoms with Crippen molar-refractivity contribution < 1.29 is 14.3 Å². The first kappa shape index (κ1) is 11.1. The summed E-state index contributed by atoms with van der Waals surface area (Å²) in [5.74, 6) is 0.696. The molecular formula is C11H13NO3. The van der Waals surface area contributed by atoms with E-state index >= 15 is 0 Å². The Labute approximate surface area is 88.3 Å². The quantitative estimate of drug-likeness (QED) is 0.754. The number of nitrogens with two attached hydrogens (primary N) is 1. The first-order valence-corrected chi connectivity index (χ1v) is 4.37. The number of para-hydroxylation sites is 1.